The predicted molar refractivity (Wildman–Crippen MR) is 81.4 cm³/mol. The molecule has 21 heavy (non-hydrogen) atoms. The van der Waals surface area contributed by atoms with Crippen LogP contribution in [0.2, 0.25) is 0 Å². The molecule has 1 N–H and O–H groups in total. The van der Waals surface area contributed by atoms with Crippen molar-refractivity contribution in [3.8, 4) is 0 Å². The molecule has 0 saturated heterocycles. The fourth-order valence-electron chi connectivity index (χ4n) is 2.78. The number of rotatable bonds is 9. The number of aliphatic hydroxyl groups is 1. The first kappa shape index (κ1) is 17.7. The van der Waals surface area contributed by atoms with Gasteiger partial charge in [0.1, 0.15) is 0 Å². The number of aliphatic hydroxyl groups excluding tert-OH is 1. The normalized spacial score (nSPS) is 23.4. The third kappa shape index (κ3) is 5.49. The highest BCUT2D eigenvalue weighted by Crippen LogP contribution is 2.33. The largest absolute Gasteiger partial charge is 0.490 e. The van der Waals surface area contributed by atoms with Crippen LogP contribution in [0.4, 0.5) is 0 Å². The van der Waals surface area contributed by atoms with Crippen molar-refractivity contribution in [3.05, 3.63) is 17.4 Å². The predicted octanol–water partition coefficient (Wildman–Crippen LogP) is 2.98. The van der Waals surface area contributed by atoms with Crippen molar-refractivity contribution in [1.29, 1.82) is 0 Å². The van der Waals surface area contributed by atoms with E-state index < -0.39 is 6.10 Å². The van der Waals surface area contributed by atoms with E-state index in [0.29, 0.717) is 12.2 Å². The maximum absolute atomic E-state index is 11.9. The summed E-state index contributed by atoms with van der Waals surface area (Å²) in [4.78, 5) is 22.4. The fourth-order valence-corrected chi connectivity index (χ4v) is 2.78. The number of unbranched alkanes of at least 4 members (excludes halogenated alkanes) is 3. The summed E-state index contributed by atoms with van der Waals surface area (Å²) < 4.78 is 4.86. The lowest BCUT2D eigenvalue weighted by molar-refractivity contribution is -0.115. The molecular weight excluding hydrogens is 268 g/mol. The Balaban J connectivity index is 2.45. The number of carbonyl (C=O) groups is 1. The summed E-state index contributed by atoms with van der Waals surface area (Å²) in [6.07, 6.45) is 7.84. The molecule has 1 fully saturated rings. The molecule has 1 saturated carbocycles. The van der Waals surface area contributed by atoms with Crippen molar-refractivity contribution in [3.63, 3.8) is 0 Å². The van der Waals surface area contributed by atoms with Crippen LogP contribution in [-0.4, -0.2) is 30.0 Å². The second-order valence-corrected chi connectivity index (χ2v) is 5.58. The van der Waals surface area contributed by atoms with E-state index in [4.69, 9.17) is 4.74 Å². The van der Waals surface area contributed by atoms with Crippen LogP contribution >= 0.6 is 0 Å². The van der Waals surface area contributed by atoms with Gasteiger partial charge in [0.2, 0.25) is 0 Å². The van der Waals surface area contributed by atoms with Crippen molar-refractivity contribution in [1.82, 2.24) is 0 Å². The zero-order valence-electron chi connectivity index (χ0n) is 13.1. The Hall–Kier alpha value is -1.38. The Morgan fingerprint density at radius 1 is 1.43 bits per heavy atom. The van der Waals surface area contributed by atoms with Crippen molar-refractivity contribution in [2.75, 3.05) is 7.11 Å². The van der Waals surface area contributed by atoms with Crippen molar-refractivity contribution >= 4 is 11.7 Å². The highest BCUT2D eigenvalue weighted by Gasteiger charge is 2.35. The van der Waals surface area contributed by atoms with Crippen molar-refractivity contribution < 1.29 is 19.4 Å². The minimum Gasteiger partial charge on any atom is -0.490 e. The first-order valence-electron chi connectivity index (χ1n) is 7.83. The van der Waals surface area contributed by atoms with Gasteiger partial charge in [0.25, 0.3) is 0 Å². The Labute approximate surface area is 126 Å². The summed E-state index contributed by atoms with van der Waals surface area (Å²) in [7, 11) is 1.47. The van der Waals surface area contributed by atoms with Crippen LogP contribution in [0.15, 0.2) is 17.4 Å². The number of carbonyl (C=O) groups excluding carboxylic acids is 2. The third-order valence-electron chi connectivity index (χ3n) is 4.03. The molecule has 1 aliphatic carbocycles. The molecule has 0 heterocycles. The van der Waals surface area contributed by atoms with Gasteiger partial charge in [-0.15, -0.1) is 0 Å². The van der Waals surface area contributed by atoms with Crippen molar-refractivity contribution in [2.45, 2.75) is 64.4 Å². The second kappa shape index (κ2) is 9.54. The molecule has 0 aliphatic heterocycles. The number of methoxy groups -OCH3 is 1. The maximum Gasteiger partial charge on any atom is 0.179 e. The van der Waals surface area contributed by atoms with E-state index in [1.807, 2.05) is 6.08 Å². The molecule has 2 unspecified atom stereocenters. The molecule has 0 amide bonds. The van der Waals surface area contributed by atoms with Crippen LogP contribution in [-0.2, 0) is 14.3 Å². The molecule has 0 aromatic heterocycles. The van der Waals surface area contributed by atoms with Crippen LogP contribution in [0, 0.1) is 5.92 Å². The molecule has 0 bridgehead atoms. The van der Waals surface area contributed by atoms with E-state index in [9.17, 15) is 14.7 Å². The van der Waals surface area contributed by atoms with E-state index in [1.54, 1.807) is 5.94 Å². The van der Waals surface area contributed by atoms with Gasteiger partial charge in [-0.25, -0.2) is 4.79 Å². The number of Topliss-reactive ketones (excluding diaryl/α,β-unsaturated/α-hetero) is 1. The van der Waals surface area contributed by atoms with Crippen LogP contribution in [0.5, 0.6) is 0 Å². The van der Waals surface area contributed by atoms with Gasteiger partial charge in [-0.3, -0.25) is 4.79 Å². The number of ether oxygens (including phenoxy) is 1. The monoisotopic (exact) mass is 294 g/mol. The zero-order chi connectivity index (χ0) is 15.7. The van der Waals surface area contributed by atoms with Gasteiger partial charge in [0, 0.05) is 18.8 Å². The topological polar surface area (TPSA) is 63.6 Å². The Bertz CT molecular complexity index is 419. The molecule has 118 valence electrons. The zero-order valence-corrected chi connectivity index (χ0v) is 13.1. The summed E-state index contributed by atoms with van der Waals surface area (Å²) in [6, 6.07) is 0. The van der Waals surface area contributed by atoms with Crippen molar-refractivity contribution in [2.24, 2.45) is 5.92 Å². The number of hydrogen-bond donors (Lipinski definition) is 1. The van der Waals surface area contributed by atoms with E-state index in [1.165, 1.54) is 7.11 Å². The van der Waals surface area contributed by atoms with Gasteiger partial charge in [0.05, 0.1) is 13.2 Å². The Morgan fingerprint density at radius 2 is 2.19 bits per heavy atom. The molecule has 0 aromatic rings. The van der Waals surface area contributed by atoms with Crippen LogP contribution in [0.25, 0.3) is 0 Å². The molecule has 0 radical (unpaired) electrons. The number of allylic oxidation sites excluding steroid dienone is 2. The minimum absolute atomic E-state index is 0.0156. The fraction of sp³-hybridized carbons (Fsp3) is 0.706. The van der Waals surface area contributed by atoms with E-state index in [-0.39, 0.29) is 18.1 Å². The first-order valence-corrected chi connectivity index (χ1v) is 7.83. The van der Waals surface area contributed by atoms with Gasteiger partial charge >= 0.3 is 0 Å². The van der Waals surface area contributed by atoms with Crippen LogP contribution in [0.3, 0.4) is 0 Å². The lowest BCUT2D eigenvalue weighted by Crippen LogP contribution is -2.14. The van der Waals surface area contributed by atoms with Gasteiger partial charge in [-0.05, 0) is 31.3 Å². The third-order valence-corrected chi connectivity index (χ3v) is 4.03. The summed E-state index contributed by atoms with van der Waals surface area (Å²) >= 11 is 0. The summed E-state index contributed by atoms with van der Waals surface area (Å²) in [5.74, 6) is 2.22. The number of hydrogen-bond acceptors (Lipinski definition) is 4. The Morgan fingerprint density at radius 3 is 2.81 bits per heavy atom. The average Bonchev–Trinajstić information content (AvgIpc) is 2.74. The first-order chi connectivity index (χ1) is 10.1. The molecule has 4 heteroatoms. The van der Waals surface area contributed by atoms with E-state index in [0.717, 1.165) is 44.1 Å². The molecule has 0 spiro atoms. The molecule has 1 aliphatic rings. The van der Waals surface area contributed by atoms with Gasteiger partial charge in [0.15, 0.2) is 17.5 Å². The molecule has 1 rings (SSSR count). The van der Waals surface area contributed by atoms with Gasteiger partial charge < -0.3 is 9.84 Å². The van der Waals surface area contributed by atoms with E-state index >= 15 is 0 Å². The minimum atomic E-state index is -0.506. The molecule has 2 atom stereocenters. The standard InChI is InChI=1S/C17H26O4/c1-3-4-9-14-15(17(20)11-16(14)19)10-7-5-6-8-13(12-18)21-2/h10,14,16,19H,3-9,11H2,1-2H3. The summed E-state index contributed by atoms with van der Waals surface area (Å²) in [5.41, 5.74) is 0.814. The number of ketones is 1. The summed E-state index contributed by atoms with van der Waals surface area (Å²) in [6.45, 7) is 2.11. The smallest absolute Gasteiger partial charge is 0.179 e. The average molecular weight is 294 g/mol. The highest BCUT2D eigenvalue weighted by atomic mass is 16.5. The summed E-state index contributed by atoms with van der Waals surface area (Å²) in [5, 5.41) is 9.97. The van der Waals surface area contributed by atoms with Gasteiger partial charge in [-0.2, -0.15) is 0 Å². The lowest BCUT2D eigenvalue weighted by atomic mass is 9.93. The molecule has 0 aromatic carbocycles. The quantitative estimate of drug-likeness (QED) is 0.307. The van der Waals surface area contributed by atoms with E-state index in [2.05, 4.69) is 6.92 Å². The second-order valence-electron chi connectivity index (χ2n) is 5.58. The van der Waals surface area contributed by atoms with Crippen LogP contribution < -0.4 is 0 Å². The SMILES string of the molecule is CCCCC1C(=CCCCCC(=C=O)OC)C(=O)CC1O. The van der Waals surface area contributed by atoms with Crippen LogP contribution in [0.1, 0.15) is 58.3 Å². The van der Waals surface area contributed by atoms with Gasteiger partial charge in [-0.1, -0.05) is 25.8 Å². The molecule has 4 nitrogen and oxygen atoms in total. The lowest BCUT2D eigenvalue weighted by Gasteiger charge is -2.14. The Kier molecular flexibility index (Phi) is 8.03. The maximum atomic E-state index is 11.9. The molecular formula is C17H26O4. The highest BCUT2D eigenvalue weighted by molar-refractivity contribution is 5.98.